The van der Waals surface area contributed by atoms with Crippen molar-refractivity contribution in [3.8, 4) is 0 Å². The van der Waals surface area contributed by atoms with Gasteiger partial charge in [-0.3, -0.25) is 19.3 Å². The quantitative estimate of drug-likeness (QED) is 0.225. The van der Waals surface area contributed by atoms with Gasteiger partial charge in [0.1, 0.15) is 12.1 Å². The molecule has 0 aromatic heterocycles. The molecule has 0 saturated carbocycles. The Morgan fingerprint density at radius 3 is 1.94 bits per heavy atom. The third kappa shape index (κ3) is 11.8. The SMILES string of the molecule is C[C@@H](C(=O)N[C@@H](CCc1ccccc1)C(=O)N1CCC[C@H]1CN(CCc1ccccc1)C(=O)[C@@H](Cc1ccccc1)NS(C)(=O)=O)N(C)C. The maximum Gasteiger partial charge on any atom is 0.245 e. The number of sulfonamides is 1. The van der Waals surface area contributed by atoms with Gasteiger partial charge in [0.15, 0.2) is 0 Å². The Balaban J connectivity index is 1.58. The molecule has 11 heteroatoms. The molecule has 0 radical (unpaired) electrons. The molecule has 4 atom stereocenters. The van der Waals surface area contributed by atoms with Crippen molar-refractivity contribution < 1.29 is 22.8 Å². The summed E-state index contributed by atoms with van der Waals surface area (Å²) >= 11 is 0. The molecule has 0 unspecified atom stereocenters. The summed E-state index contributed by atoms with van der Waals surface area (Å²) in [4.78, 5) is 47.2. The van der Waals surface area contributed by atoms with Crippen LogP contribution in [-0.2, 0) is 43.7 Å². The molecule has 1 aliphatic rings. The minimum absolute atomic E-state index is 0.164. The minimum atomic E-state index is -3.71. The van der Waals surface area contributed by atoms with Crippen LogP contribution in [0.1, 0.15) is 42.9 Å². The highest BCUT2D eigenvalue weighted by molar-refractivity contribution is 7.88. The summed E-state index contributed by atoms with van der Waals surface area (Å²) in [7, 11) is -0.0602. The second-order valence-corrected chi connectivity index (χ2v) is 15.0. The number of carbonyl (C=O) groups excluding carboxylic acids is 3. The van der Waals surface area contributed by atoms with Crippen LogP contribution in [0.4, 0.5) is 0 Å². The van der Waals surface area contributed by atoms with Crippen molar-refractivity contribution in [2.24, 2.45) is 0 Å². The van der Waals surface area contributed by atoms with E-state index in [0.29, 0.717) is 38.8 Å². The summed E-state index contributed by atoms with van der Waals surface area (Å²) in [5.74, 6) is -0.719. The van der Waals surface area contributed by atoms with E-state index in [2.05, 4.69) is 10.0 Å². The Kier molecular flexibility index (Phi) is 13.9. The highest BCUT2D eigenvalue weighted by atomic mass is 32.2. The number of likely N-dealkylation sites (tertiary alicyclic amines) is 1. The first-order valence-electron chi connectivity index (χ1n) is 17.1. The Morgan fingerprint density at radius 2 is 1.39 bits per heavy atom. The predicted molar refractivity (Wildman–Crippen MR) is 193 cm³/mol. The van der Waals surface area contributed by atoms with E-state index in [0.717, 1.165) is 29.4 Å². The van der Waals surface area contributed by atoms with E-state index in [4.69, 9.17) is 0 Å². The largest absolute Gasteiger partial charge is 0.343 e. The van der Waals surface area contributed by atoms with E-state index in [1.165, 1.54) is 0 Å². The first-order chi connectivity index (χ1) is 23.4. The maximum atomic E-state index is 14.3. The molecule has 49 heavy (non-hydrogen) atoms. The van der Waals surface area contributed by atoms with Crippen LogP contribution in [-0.4, -0.2) is 105 Å². The Morgan fingerprint density at radius 1 is 0.837 bits per heavy atom. The van der Waals surface area contributed by atoms with Crippen LogP contribution in [0, 0.1) is 0 Å². The first-order valence-corrected chi connectivity index (χ1v) is 19.0. The average Bonchev–Trinajstić information content (AvgIpc) is 3.56. The number of hydrogen-bond acceptors (Lipinski definition) is 6. The zero-order chi connectivity index (χ0) is 35.4. The van der Waals surface area contributed by atoms with Crippen molar-refractivity contribution >= 4 is 27.7 Å². The fraction of sp³-hybridized carbons (Fsp3) is 0.447. The van der Waals surface area contributed by atoms with Gasteiger partial charge in [-0.05, 0) is 76.2 Å². The number of hydrogen-bond donors (Lipinski definition) is 2. The number of likely N-dealkylation sites (N-methyl/N-ethyl adjacent to an activating group) is 1. The van der Waals surface area contributed by atoms with Crippen LogP contribution in [0.2, 0.25) is 0 Å². The van der Waals surface area contributed by atoms with Gasteiger partial charge in [-0.1, -0.05) is 91.0 Å². The van der Waals surface area contributed by atoms with Crippen molar-refractivity contribution in [3.05, 3.63) is 108 Å². The molecular weight excluding hydrogens is 639 g/mol. The summed E-state index contributed by atoms with van der Waals surface area (Å²) in [6, 6.07) is 26.6. The molecule has 1 aliphatic heterocycles. The van der Waals surface area contributed by atoms with Crippen molar-refractivity contribution in [2.75, 3.05) is 40.0 Å². The summed E-state index contributed by atoms with van der Waals surface area (Å²) < 4.78 is 27.5. The fourth-order valence-corrected chi connectivity index (χ4v) is 6.92. The van der Waals surface area contributed by atoms with Gasteiger partial charge < -0.3 is 15.1 Å². The molecule has 1 heterocycles. The van der Waals surface area contributed by atoms with Gasteiger partial charge in [0.05, 0.1) is 12.3 Å². The molecule has 3 aromatic rings. The number of rotatable bonds is 17. The lowest BCUT2D eigenvalue weighted by Crippen LogP contribution is -2.56. The smallest absolute Gasteiger partial charge is 0.245 e. The highest BCUT2D eigenvalue weighted by Crippen LogP contribution is 2.22. The molecule has 3 amide bonds. The number of aryl methyl sites for hydroxylation is 1. The molecule has 1 saturated heterocycles. The predicted octanol–water partition coefficient (Wildman–Crippen LogP) is 3.28. The molecule has 0 bridgehead atoms. The molecule has 2 N–H and O–H groups in total. The zero-order valence-corrected chi connectivity index (χ0v) is 29.9. The summed E-state index contributed by atoms with van der Waals surface area (Å²) in [6.07, 6.45) is 4.34. The van der Waals surface area contributed by atoms with Crippen molar-refractivity contribution in [2.45, 2.75) is 69.6 Å². The van der Waals surface area contributed by atoms with Crippen LogP contribution in [0.5, 0.6) is 0 Å². The van der Waals surface area contributed by atoms with Crippen LogP contribution < -0.4 is 10.0 Å². The zero-order valence-electron chi connectivity index (χ0n) is 29.1. The van der Waals surface area contributed by atoms with E-state index in [9.17, 15) is 22.8 Å². The average molecular weight is 690 g/mol. The number of nitrogens with zero attached hydrogens (tertiary/aromatic N) is 3. The van der Waals surface area contributed by atoms with Gasteiger partial charge in [-0.25, -0.2) is 13.1 Å². The Hall–Kier alpha value is -4.06. The van der Waals surface area contributed by atoms with Gasteiger partial charge in [0, 0.05) is 25.7 Å². The lowest BCUT2D eigenvalue weighted by Gasteiger charge is -2.35. The van der Waals surface area contributed by atoms with Gasteiger partial charge in [-0.15, -0.1) is 0 Å². The van der Waals surface area contributed by atoms with Crippen LogP contribution >= 0.6 is 0 Å². The van der Waals surface area contributed by atoms with E-state index < -0.39 is 28.1 Å². The van der Waals surface area contributed by atoms with E-state index >= 15 is 0 Å². The monoisotopic (exact) mass is 689 g/mol. The first kappa shape index (κ1) is 37.8. The van der Waals surface area contributed by atoms with E-state index in [1.807, 2.05) is 110 Å². The lowest BCUT2D eigenvalue weighted by molar-refractivity contribution is -0.140. The minimum Gasteiger partial charge on any atom is -0.343 e. The normalized spacial score (nSPS) is 16.6. The molecular formula is C38H51N5O5S. The van der Waals surface area contributed by atoms with Gasteiger partial charge in [0.2, 0.25) is 27.7 Å². The maximum absolute atomic E-state index is 14.3. The number of nitrogens with one attached hydrogen (secondary N) is 2. The molecule has 10 nitrogen and oxygen atoms in total. The van der Waals surface area contributed by atoms with Gasteiger partial charge in [0.25, 0.3) is 0 Å². The van der Waals surface area contributed by atoms with Gasteiger partial charge >= 0.3 is 0 Å². The second kappa shape index (κ2) is 18.1. The van der Waals surface area contributed by atoms with Crippen molar-refractivity contribution in [3.63, 3.8) is 0 Å². The lowest BCUT2D eigenvalue weighted by atomic mass is 10.0. The number of amides is 3. The topological polar surface area (TPSA) is 119 Å². The number of benzene rings is 3. The van der Waals surface area contributed by atoms with Crippen LogP contribution in [0.3, 0.4) is 0 Å². The highest BCUT2D eigenvalue weighted by Gasteiger charge is 2.37. The van der Waals surface area contributed by atoms with E-state index in [-0.39, 0.29) is 36.7 Å². The third-order valence-electron chi connectivity index (χ3n) is 9.19. The van der Waals surface area contributed by atoms with E-state index in [1.54, 1.807) is 16.7 Å². The standard InChI is InChI=1S/C38H51N5O5S/c1-29(41(2)3)36(44)39-34(23-22-30-15-8-5-9-16-30)38(46)43-25-14-21-33(43)28-42(26-24-31-17-10-6-11-18-31)37(45)35(40-49(4,47)48)27-32-19-12-7-13-20-32/h5-13,15-20,29,33-35,40H,14,21-28H2,1-4H3,(H,39,44)/t29-,33-,34-,35+/m0/s1. The van der Waals surface area contributed by atoms with Gasteiger partial charge in [-0.2, -0.15) is 0 Å². The molecule has 0 spiro atoms. The summed E-state index contributed by atoms with van der Waals surface area (Å²) in [5.41, 5.74) is 2.96. The second-order valence-electron chi connectivity index (χ2n) is 13.2. The Bertz CT molecular complexity index is 1610. The van der Waals surface area contributed by atoms with Crippen molar-refractivity contribution in [1.82, 2.24) is 24.7 Å². The van der Waals surface area contributed by atoms with Crippen LogP contribution in [0.15, 0.2) is 91.0 Å². The summed E-state index contributed by atoms with van der Waals surface area (Å²) in [5, 5.41) is 3.03. The fourth-order valence-electron chi connectivity index (χ4n) is 6.22. The van der Waals surface area contributed by atoms with Crippen molar-refractivity contribution in [1.29, 1.82) is 0 Å². The Labute approximate surface area is 291 Å². The molecule has 264 valence electrons. The molecule has 4 rings (SSSR count). The molecule has 3 aromatic carbocycles. The molecule has 0 aliphatic carbocycles. The molecule has 1 fully saturated rings. The van der Waals surface area contributed by atoms with Crippen LogP contribution in [0.25, 0.3) is 0 Å². The number of carbonyl (C=O) groups is 3. The third-order valence-corrected chi connectivity index (χ3v) is 9.90. The summed E-state index contributed by atoms with van der Waals surface area (Å²) in [6.45, 7) is 2.92.